The minimum Gasteiger partial charge on any atom is -0.381 e. The fourth-order valence-electron chi connectivity index (χ4n) is 3.69. The number of halogens is 1. The van der Waals surface area contributed by atoms with Crippen molar-refractivity contribution < 1.29 is 13.9 Å². The van der Waals surface area contributed by atoms with Crippen molar-refractivity contribution in [2.24, 2.45) is 11.7 Å². The molecule has 21 heavy (non-hydrogen) atoms. The Bertz CT molecular complexity index is 474. The summed E-state index contributed by atoms with van der Waals surface area (Å²) in [5.74, 6) is 0.145. The SMILES string of the molecule is Cc1cc(F)cc(C(N)C2CCOC3(CCOCC3)C2)c1. The highest BCUT2D eigenvalue weighted by Gasteiger charge is 2.40. The highest BCUT2D eigenvalue weighted by molar-refractivity contribution is 5.26. The third-order valence-corrected chi connectivity index (χ3v) is 4.89. The van der Waals surface area contributed by atoms with Crippen LogP contribution in [-0.4, -0.2) is 25.4 Å². The highest BCUT2D eigenvalue weighted by atomic mass is 19.1. The first kappa shape index (κ1) is 14.9. The summed E-state index contributed by atoms with van der Waals surface area (Å²) in [6.07, 6.45) is 3.78. The van der Waals surface area contributed by atoms with Crippen molar-refractivity contribution in [3.8, 4) is 0 Å². The zero-order chi connectivity index (χ0) is 14.9. The zero-order valence-electron chi connectivity index (χ0n) is 12.6. The lowest BCUT2D eigenvalue weighted by molar-refractivity contribution is -0.149. The first-order chi connectivity index (χ1) is 10.1. The van der Waals surface area contributed by atoms with Gasteiger partial charge in [-0.2, -0.15) is 0 Å². The molecule has 1 aromatic rings. The molecule has 116 valence electrons. The van der Waals surface area contributed by atoms with Crippen molar-refractivity contribution >= 4 is 0 Å². The topological polar surface area (TPSA) is 44.5 Å². The monoisotopic (exact) mass is 293 g/mol. The number of hydrogen-bond donors (Lipinski definition) is 1. The predicted octanol–water partition coefficient (Wildman–Crippen LogP) is 3.11. The van der Waals surface area contributed by atoms with Crippen molar-refractivity contribution in [3.05, 3.63) is 35.1 Å². The first-order valence-corrected chi connectivity index (χ1v) is 7.82. The van der Waals surface area contributed by atoms with Crippen LogP contribution in [0.2, 0.25) is 0 Å². The molecule has 1 spiro atoms. The molecule has 2 heterocycles. The lowest BCUT2D eigenvalue weighted by Crippen LogP contribution is -2.46. The molecule has 3 rings (SSSR count). The summed E-state index contributed by atoms with van der Waals surface area (Å²) in [6.45, 7) is 4.18. The fourth-order valence-corrected chi connectivity index (χ4v) is 3.69. The molecule has 0 aliphatic carbocycles. The fraction of sp³-hybridized carbons (Fsp3) is 0.647. The van der Waals surface area contributed by atoms with Crippen LogP contribution < -0.4 is 5.73 Å². The Morgan fingerprint density at radius 3 is 2.71 bits per heavy atom. The van der Waals surface area contributed by atoms with Gasteiger partial charge < -0.3 is 15.2 Å². The van der Waals surface area contributed by atoms with Gasteiger partial charge in [0.25, 0.3) is 0 Å². The zero-order valence-corrected chi connectivity index (χ0v) is 12.6. The molecule has 0 saturated carbocycles. The van der Waals surface area contributed by atoms with Gasteiger partial charge in [0.15, 0.2) is 0 Å². The van der Waals surface area contributed by atoms with Crippen LogP contribution in [-0.2, 0) is 9.47 Å². The average Bonchev–Trinajstić information content (AvgIpc) is 2.46. The molecule has 2 saturated heterocycles. The van der Waals surface area contributed by atoms with Crippen LogP contribution in [0.4, 0.5) is 4.39 Å². The summed E-state index contributed by atoms with van der Waals surface area (Å²) in [4.78, 5) is 0. The number of hydrogen-bond acceptors (Lipinski definition) is 3. The number of nitrogens with two attached hydrogens (primary N) is 1. The summed E-state index contributed by atoms with van der Waals surface area (Å²) in [7, 11) is 0. The molecule has 2 aliphatic rings. The number of benzene rings is 1. The van der Waals surface area contributed by atoms with Crippen LogP contribution >= 0.6 is 0 Å². The van der Waals surface area contributed by atoms with Gasteiger partial charge in [0.05, 0.1) is 5.60 Å². The third-order valence-electron chi connectivity index (χ3n) is 4.89. The Labute approximate surface area is 125 Å². The van der Waals surface area contributed by atoms with E-state index in [2.05, 4.69) is 0 Å². The van der Waals surface area contributed by atoms with E-state index >= 15 is 0 Å². The summed E-state index contributed by atoms with van der Waals surface area (Å²) < 4.78 is 25.1. The van der Waals surface area contributed by atoms with E-state index in [1.807, 2.05) is 13.0 Å². The van der Waals surface area contributed by atoms with E-state index in [0.29, 0.717) is 5.92 Å². The maximum absolute atomic E-state index is 13.6. The maximum Gasteiger partial charge on any atom is 0.123 e. The summed E-state index contributed by atoms with van der Waals surface area (Å²) >= 11 is 0. The quantitative estimate of drug-likeness (QED) is 0.911. The maximum atomic E-state index is 13.6. The van der Waals surface area contributed by atoms with E-state index in [4.69, 9.17) is 15.2 Å². The molecule has 4 heteroatoms. The molecule has 2 unspecified atom stereocenters. The van der Waals surface area contributed by atoms with Crippen LogP contribution in [0.3, 0.4) is 0 Å². The van der Waals surface area contributed by atoms with E-state index < -0.39 is 0 Å². The van der Waals surface area contributed by atoms with Crippen LogP contribution in [0.15, 0.2) is 18.2 Å². The Morgan fingerprint density at radius 2 is 2.00 bits per heavy atom. The largest absolute Gasteiger partial charge is 0.381 e. The molecule has 0 bridgehead atoms. The van der Waals surface area contributed by atoms with Crippen molar-refractivity contribution in [1.29, 1.82) is 0 Å². The van der Waals surface area contributed by atoms with Crippen LogP contribution in [0, 0.1) is 18.7 Å². The standard InChI is InChI=1S/C17H24FNO2/c1-12-8-14(10-15(18)9-12)16(19)13-2-5-21-17(11-13)3-6-20-7-4-17/h8-10,13,16H,2-7,11,19H2,1H3. The predicted molar refractivity (Wildman–Crippen MR) is 79.5 cm³/mol. The molecule has 2 atom stereocenters. The Morgan fingerprint density at radius 1 is 1.24 bits per heavy atom. The third kappa shape index (κ3) is 3.28. The average molecular weight is 293 g/mol. The Balaban J connectivity index is 1.76. The van der Waals surface area contributed by atoms with Crippen molar-refractivity contribution in [2.75, 3.05) is 19.8 Å². The molecule has 2 fully saturated rings. The van der Waals surface area contributed by atoms with Gasteiger partial charge >= 0.3 is 0 Å². The van der Waals surface area contributed by atoms with Gasteiger partial charge in [0.1, 0.15) is 5.82 Å². The van der Waals surface area contributed by atoms with Gasteiger partial charge in [-0.15, -0.1) is 0 Å². The van der Waals surface area contributed by atoms with Crippen LogP contribution in [0.5, 0.6) is 0 Å². The van der Waals surface area contributed by atoms with Gasteiger partial charge in [-0.05, 0) is 61.8 Å². The molecule has 3 nitrogen and oxygen atoms in total. The molecule has 0 radical (unpaired) electrons. The van der Waals surface area contributed by atoms with Crippen LogP contribution in [0.1, 0.15) is 42.9 Å². The lowest BCUT2D eigenvalue weighted by Gasteiger charge is -2.44. The molecule has 0 aromatic heterocycles. The lowest BCUT2D eigenvalue weighted by atomic mass is 9.76. The van der Waals surface area contributed by atoms with E-state index in [-0.39, 0.29) is 17.5 Å². The van der Waals surface area contributed by atoms with Crippen molar-refractivity contribution in [1.82, 2.24) is 0 Å². The van der Waals surface area contributed by atoms with Gasteiger partial charge in [0.2, 0.25) is 0 Å². The molecule has 0 amide bonds. The molecular formula is C17H24FNO2. The van der Waals surface area contributed by atoms with E-state index in [9.17, 15) is 4.39 Å². The van der Waals surface area contributed by atoms with Gasteiger partial charge in [-0.1, -0.05) is 6.07 Å². The number of ether oxygens (including phenoxy) is 2. The first-order valence-electron chi connectivity index (χ1n) is 7.82. The minimum absolute atomic E-state index is 0.0683. The van der Waals surface area contributed by atoms with Crippen molar-refractivity contribution in [3.63, 3.8) is 0 Å². The Hall–Kier alpha value is -0.970. The highest BCUT2D eigenvalue weighted by Crippen LogP contribution is 2.41. The number of aryl methyl sites for hydroxylation is 1. The molecular weight excluding hydrogens is 269 g/mol. The van der Waals surface area contributed by atoms with E-state index in [1.54, 1.807) is 12.1 Å². The Kier molecular flexibility index (Phi) is 4.29. The van der Waals surface area contributed by atoms with Gasteiger partial charge in [-0.3, -0.25) is 0 Å². The second kappa shape index (κ2) is 6.03. The normalized spacial score (nSPS) is 26.7. The van der Waals surface area contributed by atoms with Gasteiger partial charge in [0, 0.05) is 25.9 Å². The molecule has 2 N–H and O–H groups in total. The van der Waals surface area contributed by atoms with Crippen molar-refractivity contribution in [2.45, 2.75) is 44.2 Å². The summed E-state index contributed by atoms with van der Waals surface area (Å²) in [6, 6.07) is 4.99. The second-order valence-corrected chi connectivity index (χ2v) is 6.48. The smallest absolute Gasteiger partial charge is 0.123 e. The molecule has 2 aliphatic heterocycles. The number of rotatable bonds is 2. The summed E-state index contributed by atoms with van der Waals surface area (Å²) in [5.41, 5.74) is 8.20. The second-order valence-electron chi connectivity index (χ2n) is 6.48. The minimum atomic E-state index is -0.201. The molecule has 1 aromatic carbocycles. The van der Waals surface area contributed by atoms with Crippen LogP contribution in [0.25, 0.3) is 0 Å². The van der Waals surface area contributed by atoms with E-state index in [0.717, 1.165) is 56.6 Å². The van der Waals surface area contributed by atoms with E-state index in [1.165, 1.54) is 0 Å². The van der Waals surface area contributed by atoms with Gasteiger partial charge in [-0.25, -0.2) is 4.39 Å². The summed E-state index contributed by atoms with van der Waals surface area (Å²) in [5, 5.41) is 0.